The maximum atomic E-state index is 5.03. The van der Waals surface area contributed by atoms with Gasteiger partial charge in [0.1, 0.15) is 0 Å². The van der Waals surface area contributed by atoms with Gasteiger partial charge in [0.05, 0.1) is 0 Å². The van der Waals surface area contributed by atoms with Gasteiger partial charge in [0, 0.05) is 13.7 Å². The molecule has 2 nitrogen and oxygen atoms in total. The fourth-order valence-corrected chi connectivity index (χ4v) is 2.03. The molecule has 2 heteroatoms. The summed E-state index contributed by atoms with van der Waals surface area (Å²) in [6.45, 7) is 7.16. The van der Waals surface area contributed by atoms with E-state index in [-0.39, 0.29) is 0 Å². The second-order valence-corrected chi connectivity index (χ2v) is 4.88. The highest BCUT2D eigenvalue weighted by atomic mass is 16.5. The molecule has 1 aromatic rings. The van der Waals surface area contributed by atoms with Gasteiger partial charge in [-0.25, -0.2) is 0 Å². The van der Waals surface area contributed by atoms with Crippen LogP contribution in [0.2, 0.25) is 0 Å². The van der Waals surface area contributed by atoms with Crippen molar-refractivity contribution in [1.29, 1.82) is 0 Å². The van der Waals surface area contributed by atoms with Crippen LogP contribution < -0.4 is 5.32 Å². The molecule has 19 heavy (non-hydrogen) atoms. The normalized spacial score (nSPS) is 10.6. The van der Waals surface area contributed by atoms with Gasteiger partial charge < -0.3 is 10.1 Å². The van der Waals surface area contributed by atoms with Gasteiger partial charge in [-0.1, -0.05) is 49.8 Å². The van der Waals surface area contributed by atoms with E-state index in [1.54, 1.807) is 7.11 Å². The smallest absolute Gasteiger partial charge is 0.0462 e. The first-order valence-corrected chi connectivity index (χ1v) is 7.27. The molecule has 1 N–H and O–H groups in total. The third kappa shape index (κ3) is 7.81. The first-order chi connectivity index (χ1) is 9.34. The van der Waals surface area contributed by atoms with Gasteiger partial charge >= 0.3 is 0 Å². The molecule has 0 aliphatic carbocycles. The molecule has 1 aromatic carbocycles. The molecule has 0 bridgehead atoms. The first kappa shape index (κ1) is 15.9. The molecule has 0 spiro atoms. The summed E-state index contributed by atoms with van der Waals surface area (Å²) >= 11 is 0. The molecule has 0 amide bonds. The molecule has 0 unspecified atom stereocenters. The summed E-state index contributed by atoms with van der Waals surface area (Å²) in [6, 6.07) is 10.4. The minimum atomic E-state index is 0.893. The average Bonchev–Trinajstić information content (AvgIpc) is 2.46. The van der Waals surface area contributed by atoms with Crippen LogP contribution >= 0.6 is 0 Å². The lowest BCUT2D eigenvalue weighted by Gasteiger charge is -2.07. The lowest BCUT2D eigenvalue weighted by Crippen LogP contribution is -2.16. The van der Waals surface area contributed by atoms with Crippen LogP contribution in [0.4, 0.5) is 0 Å². The number of methoxy groups -OCH3 is 1. The van der Waals surface area contributed by atoms with Crippen molar-refractivity contribution in [3.05, 3.63) is 42.5 Å². The van der Waals surface area contributed by atoms with Crippen molar-refractivity contribution in [3.8, 4) is 0 Å². The lowest BCUT2D eigenvalue weighted by atomic mass is 10.1. The minimum Gasteiger partial charge on any atom is -0.385 e. The van der Waals surface area contributed by atoms with E-state index in [4.69, 9.17) is 4.74 Å². The Hall–Kier alpha value is -1.12. The molecule has 106 valence electrons. The third-order valence-electron chi connectivity index (χ3n) is 3.24. The van der Waals surface area contributed by atoms with Crippen LogP contribution in [0.25, 0.3) is 5.57 Å². The van der Waals surface area contributed by atoms with Crippen molar-refractivity contribution < 1.29 is 4.74 Å². The van der Waals surface area contributed by atoms with Crippen molar-refractivity contribution in [2.24, 2.45) is 0 Å². The maximum absolute atomic E-state index is 5.03. The van der Waals surface area contributed by atoms with E-state index in [1.807, 2.05) is 6.07 Å². The molecule has 0 radical (unpaired) electrons. The van der Waals surface area contributed by atoms with Crippen LogP contribution in [0, 0.1) is 0 Å². The Morgan fingerprint density at radius 2 is 1.79 bits per heavy atom. The lowest BCUT2D eigenvalue weighted by molar-refractivity contribution is 0.192. The van der Waals surface area contributed by atoms with Crippen LogP contribution in [-0.4, -0.2) is 26.8 Å². The first-order valence-electron chi connectivity index (χ1n) is 7.27. The van der Waals surface area contributed by atoms with Crippen molar-refractivity contribution in [2.45, 2.75) is 32.1 Å². The van der Waals surface area contributed by atoms with E-state index in [2.05, 4.69) is 36.2 Å². The summed E-state index contributed by atoms with van der Waals surface area (Å²) in [5.41, 5.74) is 2.47. The molecule has 0 fully saturated rings. The van der Waals surface area contributed by atoms with E-state index in [9.17, 15) is 0 Å². The van der Waals surface area contributed by atoms with Gasteiger partial charge in [0.25, 0.3) is 0 Å². The highest BCUT2D eigenvalue weighted by Gasteiger charge is 1.97. The fraction of sp³-hybridized carbons (Fsp3) is 0.529. The highest BCUT2D eigenvalue weighted by molar-refractivity contribution is 5.63. The van der Waals surface area contributed by atoms with Gasteiger partial charge in [0.2, 0.25) is 0 Å². The summed E-state index contributed by atoms with van der Waals surface area (Å²) in [4.78, 5) is 0. The largest absolute Gasteiger partial charge is 0.385 e. The van der Waals surface area contributed by atoms with Crippen molar-refractivity contribution in [2.75, 3.05) is 26.8 Å². The Kier molecular flexibility index (Phi) is 9.03. The van der Waals surface area contributed by atoms with Crippen LogP contribution in [0.5, 0.6) is 0 Å². The highest BCUT2D eigenvalue weighted by Crippen LogP contribution is 2.14. The van der Waals surface area contributed by atoms with Crippen molar-refractivity contribution in [1.82, 2.24) is 5.32 Å². The number of benzene rings is 1. The quantitative estimate of drug-likeness (QED) is 0.610. The maximum Gasteiger partial charge on any atom is 0.0462 e. The Morgan fingerprint density at radius 1 is 1.05 bits per heavy atom. The predicted molar refractivity (Wildman–Crippen MR) is 83.3 cm³/mol. The van der Waals surface area contributed by atoms with Gasteiger partial charge in [-0.05, 0) is 43.5 Å². The Balaban J connectivity index is 1.95. The summed E-state index contributed by atoms with van der Waals surface area (Å²) in [5.74, 6) is 0. The van der Waals surface area contributed by atoms with Gasteiger partial charge in [0.15, 0.2) is 0 Å². The molecule has 0 saturated carbocycles. The third-order valence-corrected chi connectivity index (χ3v) is 3.24. The Bertz CT molecular complexity index is 334. The number of unbranched alkanes of at least 4 members (excludes halogenated alkanes) is 3. The van der Waals surface area contributed by atoms with Crippen LogP contribution in [-0.2, 0) is 4.74 Å². The molecular weight excluding hydrogens is 234 g/mol. The Labute approximate surface area is 117 Å². The zero-order valence-electron chi connectivity index (χ0n) is 12.2. The van der Waals surface area contributed by atoms with Crippen LogP contribution in [0.1, 0.15) is 37.7 Å². The summed E-state index contributed by atoms with van der Waals surface area (Å²) in [6.07, 6.45) is 6.01. The molecule has 1 rings (SSSR count). The van der Waals surface area contributed by atoms with Crippen LogP contribution in [0.15, 0.2) is 36.9 Å². The van der Waals surface area contributed by atoms with Crippen molar-refractivity contribution >= 4 is 5.57 Å². The van der Waals surface area contributed by atoms with E-state index >= 15 is 0 Å². The van der Waals surface area contributed by atoms with E-state index < -0.39 is 0 Å². The zero-order valence-corrected chi connectivity index (χ0v) is 12.2. The number of ether oxygens (including phenoxy) is 1. The SMILES string of the molecule is C=C(CCNCCCCCCOC)c1ccccc1. The van der Waals surface area contributed by atoms with E-state index in [0.717, 1.165) is 26.1 Å². The van der Waals surface area contributed by atoms with Crippen LogP contribution in [0.3, 0.4) is 0 Å². The number of rotatable bonds is 11. The van der Waals surface area contributed by atoms with Gasteiger partial charge in [-0.2, -0.15) is 0 Å². The molecular formula is C17H27NO. The van der Waals surface area contributed by atoms with E-state index in [0.29, 0.717) is 0 Å². The molecule has 0 aromatic heterocycles. The molecule has 0 atom stereocenters. The van der Waals surface area contributed by atoms with Crippen molar-refractivity contribution in [3.63, 3.8) is 0 Å². The van der Waals surface area contributed by atoms with E-state index in [1.165, 1.54) is 36.8 Å². The molecule has 0 aliphatic rings. The number of nitrogens with one attached hydrogen (secondary N) is 1. The molecule has 0 aliphatic heterocycles. The second-order valence-electron chi connectivity index (χ2n) is 4.88. The zero-order chi connectivity index (χ0) is 13.8. The molecule has 0 heterocycles. The second kappa shape index (κ2) is 10.8. The Morgan fingerprint density at radius 3 is 2.53 bits per heavy atom. The number of hydrogen-bond donors (Lipinski definition) is 1. The van der Waals surface area contributed by atoms with Gasteiger partial charge in [-0.15, -0.1) is 0 Å². The summed E-state index contributed by atoms with van der Waals surface area (Å²) in [7, 11) is 1.77. The predicted octanol–water partition coefficient (Wildman–Crippen LogP) is 3.89. The summed E-state index contributed by atoms with van der Waals surface area (Å²) in [5, 5.41) is 3.48. The monoisotopic (exact) mass is 261 g/mol. The standard InChI is InChI=1S/C17H27NO/c1-16(17-10-6-5-7-11-17)12-14-18-13-8-3-4-9-15-19-2/h5-7,10-11,18H,1,3-4,8-9,12-15H2,2H3. The van der Waals surface area contributed by atoms with Gasteiger partial charge in [-0.3, -0.25) is 0 Å². The summed E-state index contributed by atoms with van der Waals surface area (Å²) < 4.78 is 5.03. The number of hydrogen-bond acceptors (Lipinski definition) is 2. The average molecular weight is 261 g/mol. The fourth-order valence-electron chi connectivity index (χ4n) is 2.03. The minimum absolute atomic E-state index is 0.893. The topological polar surface area (TPSA) is 21.3 Å². The molecule has 0 saturated heterocycles.